The van der Waals surface area contributed by atoms with Crippen molar-refractivity contribution in [3.63, 3.8) is 0 Å². The molecule has 1 aromatic heterocycles. The van der Waals surface area contributed by atoms with E-state index in [0.717, 1.165) is 18.7 Å². The number of ether oxygens (including phenoxy) is 1. The molecular weight excluding hydrogens is 294 g/mol. The quantitative estimate of drug-likeness (QED) is 0.627. The Labute approximate surface area is 138 Å². The van der Waals surface area contributed by atoms with Gasteiger partial charge in [-0.05, 0) is 19.2 Å². The number of likely N-dealkylation sites (N-methyl/N-ethyl adjacent to an activating group) is 1. The third-order valence-corrected chi connectivity index (χ3v) is 4.32. The van der Waals surface area contributed by atoms with Crippen LogP contribution in [0, 0.1) is 0 Å². The molecule has 1 fully saturated rings. The van der Waals surface area contributed by atoms with Gasteiger partial charge in [-0.25, -0.2) is 0 Å². The Hall–Kier alpha value is -1.05. The first kappa shape index (κ1) is 18.3. The second-order valence-electron chi connectivity index (χ2n) is 6.49. The molecule has 23 heavy (non-hydrogen) atoms. The monoisotopic (exact) mass is 323 g/mol. The fourth-order valence-corrected chi connectivity index (χ4v) is 3.03. The van der Waals surface area contributed by atoms with Crippen molar-refractivity contribution in [2.75, 3.05) is 26.7 Å². The van der Waals surface area contributed by atoms with Crippen LogP contribution in [0.5, 0.6) is 0 Å². The molecule has 0 amide bonds. The molecule has 0 radical (unpaired) electrons. The minimum atomic E-state index is -0.687. The summed E-state index contributed by atoms with van der Waals surface area (Å²) in [4.78, 5) is 6.45. The number of pyridine rings is 1. The Morgan fingerprint density at radius 3 is 2.74 bits per heavy atom. The molecule has 1 aliphatic heterocycles. The van der Waals surface area contributed by atoms with Crippen LogP contribution in [0.3, 0.4) is 0 Å². The first-order valence-corrected chi connectivity index (χ1v) is 8.30. The van der Waals surface area contributed by atoms with E-state index in [1.54, 1.807) is 6.20 Å². The standard InChI is InChI=1S/C17H29N3O3/c1-12(2)19-10-14-16(17(22)15(11-21)23-14)20(3)9-7-13-6-4-5-8-18-13/h4-6,8,12,14-17,19,21-22H,7,9-11H2,1-3H3. The molecule has 0 aliphatic carbocycles. The van der Waals surface area contributed by atoms with Crippen LogP contribution >= 0.6 is 0 Å². The third-order valence-electron chi connectivity index (χ3n) is 4.32. The smallest absolute Gasteiger partial charge is 0.109 e. The van der Waals surface area contributed by atoms with E-state index in [0.29, 0.717) is 12.6 Å². The van der Waals surface area contributed by atoms with Gasteiger partial charge in [0.05, 0.1) is 18.8 Å². The summed E-state index contributed by atoms with van der Waals surface area (Å²) in [6.07, 6.45) is 1.26. The van der Waals surface area contributed by atoms with Crippen LogP contribution in [0.15, 0.2) is 24.4 Å². The van der Waals surface area contributed by atoms with Gasteiger partial charge in [-0.15, -0.1) is 0 Å². The molecule has 2 rings (SSSR count). The topological polar surface area (TPSA) is 77.8 Å². The second kappa shape index (κ2) is 8.70. The van der Waals surface area contributed by atoms with Gasteiger partial charge in [0.15, 0.2) is 0 Å². The maximum absolute atomic E-state index is 10.5. The van der Waals surface area contributed by atoms with Crippen LogP contribution in [0.25, 0.3) is 0 Å². The molecule has 4 atom stereocenters. The van der Waals surface area contributed by atoms with Gasteiger partial charge in [0.1, 0.15) is 12.2 Å². The van der Waals surface area contributed by atoms with Crippen LogP contribution in [0.2, 0.25) is 0 Å². The largest absolute Gasteiger partial charge is 0.394 e. The molecule has 1 aliphatic rings. The van der Waals surface area contributed by atoms with Crippen molar-refractivity contribution in [1.82, 2.24) is 15.2 Å². The predicted molar refractivity (Wildman–Crippen MR) is 89.3 cm³/mol. The van der Waals surface area contributed by atoms with Crippen LogP contribution in [0.1, 0.15) is 19.5 Å². The maximum Gasteiger partial charge on any atom is 0.109 e. The summed E-state index contributed by atoms with van der Waals surface area (Å²) in [5, 5.41) is 23.2. The van der Waals surface area contributed by atoms with E-state index in [1.807, 2.05) is 25.2 Å². The van der Waals surface area contributed by atoms with Crippen LogP contribution in [0.4, 0.5) is 0 Å². The third kappa shape index (κ3) is 4.96. The Kier molecular flexibility index (Phi) is 6.92. The number of aliphatic hydroxyl groups is 2. The fourth-order valence-electron chi connectivity index (χ4n) is 3.03. The predicted octanol–water partition coefficient (Wildman–Crippen LogP) is 0.0431. The first-order chi connectivity index (χ1) is 11.0. The number of nitrogens with zero attached hydrogens (tertiary/aromatic N) is 2. The molecule has 1 saturated heterocycles. The summed E-state index contributed by atoms with van der Waals surface area (Å²) in [6, 6.07) is 6.10. The van der Waals surface area contributed by atoms with Crippen LogP contribution < -0.4 is 5.32 Å². The SMILES string of the molecule is CC(C)NCC1OC(CO)C(O)C1N(C)CCc1ccccn1. The lowest BCUT2D eigenvalue weighted by atomic mass is 10.0. The van der Waals surface area contributed by atoms with E-state index in [2.05, 4.69) is 29.0 Å². The second-order valence-corrected chi connectivity index (χ2v) is 6.49. The summed E-state index contributed by atoms with van der Waals surface area (Å²) in [7, 11) is 1.99. The molecule has 6 heteroatoms. The van der Waals surface area contributed by atoms with E-state index in [1.165, 1.54) is 0 Å². The lowest BCUT2D eigenvalue weighted by molar-refractivity contribution is -0.0216. The van der Waals surface area contributed by atoms with Gasteiger partial charge < -0.3 is 20.3 Å². The molecule has 2 heterocycles. The minimum Gasteiger partial charge on any atom is -0.394 e. The highest BCUT2D eigenvalue weighted by Crippen LogP contribution is 2.25. The van der Waals surface area contributed by atoms with E-state index in [9.17, 15) is 10.2 Å². The van der Waals surface area contributed by atoms with Crippen LogP contribution in [-0.4, -0.2) is 77.2 Å². The zero-order valence-electron chi connectivity index (χ0n) is 14.2. The van der Waals surface area contributed by atoms with Crippen LogP contribution in [-0.2, 0) is 11.2 Å². The summed E-state index contributed by atoms with van der Waals surface area (Å²) in [5.74, 6) is 0. The van der Waals surface area contributed by atoms with E-state index in [-0.39, 0.29) is 18.8 Å². The van der Waals surface area contributed by atoms with Gasteiger partial charge in [-0.3, -0.25) is 9.88 Å². The number of aliphatic hydroxyl groups excluding tert-OH is 2. The van der Waals surface area contributed by atoms with Crippen molar-refractivity contribution in [2.45, 2.75) is 50.7 Å². The average Bonchev–Trinajstić information content (AvgIpc) is 2.87. The van der Waals surface area contributed by atoms with Crippen molar-refractivity contribution in [3.05, 3.63) is 30.1 Å². The van der Waals surface area contributed by atoms with Gasteiger partial charge in [-0.1, -0.05) is 19.9 Å². The lowest BCUT2D eigenvalue weighted by Crippen LogP contribution is -2.50. The highest BCUT2D eigenvalue weighted by Gasteiger charge is 2.44. The van der Waals surface area contributed by atoms with Crippen molar-refractivity contribution in [2.24, 2.45) is 0 Å². The highest BCUT2D eigenvalue weighted by atomic mass is 16.5. The molecule has 4 unspecified atom stereocenters. The number of aromatic nitrogens is 1. The summed E-state index contributed by atoms with van der Waals surface area (Å²) in [6.45, 7) is 5.43. The fraction of sp³-hybridized carbons (Fsp3) is 0.706. The van der Waals surface area contributed by atoms with Gasteiger partial charge in [0.25, 0.3) is 0 Å². The summed E-state index contributed by atoms with van der Waals surface area (Å²) < 4.78 is 5.84. The highest BCUT2D eigenvalue weighted by molar-refractivity contribution is 5.04. The van der Waals surface area contributed by atoms with Gasteiger partial charge >= 0.3 is 0 Å². The molecule has 0 saturated carbocycles. The first-order valence-electron chi connectivity index (χ1n) is 8.30. The van der Waals surface area contributed by atoms with Gasteiger partial charge in [-0.2, -0.15) is 0 Å². The summed E-state index contributed by atoms with van der Waals surface area (Å²) >= 11 is 0. The number of rotatable bonds is 8. The molecule has 1 aromatic rings. The van der Waals surface area contributed by atoms with Gasteiger partial charge in [0.2, 0.25) is 0 Å². The Morgan fingerprint density at radius 1 is 1.35 bits per heavy atom. The van der Waals surface area contributed by atoms with Crippen molar-refractivity contribution in [1.29, 1.82) is 0 Å². The molecule has 130 valence electrons. The molecular formula is C17H29N3O3. The van der Waals surface area contributed by atoms with Gasteiger partial charge in [0, 0.05) is 37.4 Å². The lowest BCUT2D eigenvalue weighted by Gasteiger charge is -2.30. The summed E-state index contributed by atoms with van der Waals surface area (Å²) in [5.41, 5.74) is 1.03. The molecule has 0 aromatic carbocycles. The average molecular weight is 323 g/mol. The Balaban J connectivity index is 1.96. The molecule has 0 spiro atoms. The normalized spacial score (nSPS) is 28.0. The zero-order chi connectivity index (χ0) is 16.8. The zero-order valence-corrected chi connectivity index (χ0v) is 14.2. The molecule has 3 N–H and O–H groups in total. The molecule has 0 bridgehead atoms. The molecule has 6 nitrogen and oxygen atoms in total. The minimum absolute atomic E-state index is 0.137. The van der Waals surface area contributed by atoms with E-state index >= 15 is 0 Å². The number of nitrogens with one attached hydrogen (secondary N) is 1. The number of hydrogen-bond donors (Lipinski definition) is 3. The maximum atomic E-state index is 10.5. The van der Waals surface area contributed by atoms with E-state index in [4.69, 9.17) is 4.74 Å². The van der Waals surface area contributed by atoms with Crippen molar-refractivity contribution < 1.29 is 14.9 Å². The van der Waals surface area contributed by atoms with Crippen molar-refractivity contribution >= 4 is 0 Å². The van der Waals surface area contributed by atoms with E-state index < -0.39 is 12.2 Å². The Morgan fingerprint density at radius 2 is 2.13 bits per heavy atom. The van der Waals surface area contributed by atoms with Crippen molar-refractivity contribution in [3.8, 4) is 0 Å². The number of hydrogen-bond acceptors (Lipinski definition) is 6. The Bertz CT molecular complexity index is 458.